The lowest BCUT2D eigenvalue weighted by molar-refractivity contribution is -0.118. The highest BCUT2D eigenvalue weighted by Crippen LogP contribution is 2.18. The van der Waals surface area contributed by atoms with E-state index >= 15 is 0 Å². The minimum absolute atomic E-state index is 0.0902. The van der Waals surface area contributed by atoms with E-state index in [1.807, 2.05) is 62.4 Å². The topological polar surface area (TPSA) is 67.4 Å². The molecule has 0 aliphatic heterocycles. The maximum absolute atomic E-state index is 12.2. The summed E-state index contributed by atoms with van der Waals surface area (Å²) in [6.07, 6.45) is 0.293. The number of nitrogens with one attached hydrogen (secondary N) is 2. The fourth-order valence-electron chi connectivity index (χ4n) is 2.81. The van der Waals surface area contributed by atoms with Crippen molar-refractivity contribution >= 4 is 23.2 Å². The van der Waals surface area contributed by atoms with Crippen LogP contribution in [0.3, 0.4) is 0 Å². The largest absolute Gasteiger partial charge is 0.484 e. The number of carbonyl (C=O) groups is 2. The molecule has 0 heterocycles. The molecule has 2 N–H and O–H groups in total. The van der Waals surface area contributed by atoms with E-state index in [2.05, 4.69) is 10.6 Å². The summed E-state index contributed by atoms with van der Waals surface area (Å²) in [4.78, 5) is 24.4. The summed E-state index contributed by atoms with van der Waals surface area (Å²) in [6.45, 7) is 3.93. The van der Waals surface area contributed by atoms with Crippen molar-refractivity contribution in [1.29, 1.82) is 0 Å². The van der Waals surface area contributed by atoms with E-state index in [0.717, 1.165) is 11.1 Å². The van der Waals surface area contributed by atoms with Gasteiger partial charge in [0.15, 0.2) is 6.61 Å². The van der Waals surface area contributed by atoms with Crippen molar-refractivity contribution in [3.63, 3.8) is 0 Å². The summed E-state index contributed by atoms with van der Waals surface area (Å²) >= 11 is 0. The van der Waals surface area contributed by atoms with E-state index in [4.69, 9.17) is 4.74 Å². The fraction of sp³-hybridized carbons (Fsp3) is 0.167. The number of amides is 2. The van der Waals surface area contributed by atoms with Crippen molar-refractivity contribution in [3.05, 3.63) is 89.5 Å². The van der Waals surface area contributed by atoms with E-state index in [0.29, 0.717) is 23.5 Å². The zero-order valence-corrected chi connectivity index (χ0v) is 16.6. The molecule has 0 aromatic heterocycles. The Morgan fingerprint density at radius 1 is 0.759 bits per heavy atom. The lowest BCUT2D eigenvalue weighted by atomic mass is 10.1. The minimum Gasteiger partial charge on any atom is -0.484 e. The smallest absolute Gasteiger partial charge is 0.262 e. The Kier molecular flexibility index (Phi) is 6.63. The van der Waals surface area contributed by atoms with Crippen LogP contribution in [-0.4, -0.2) is 18.4 Å². The normalized spacial score (nSPS) is 10.3. The summed E-state index contributed by atoms with van der Waals surface area (Å²) in [5.41, 5.74) is 4.45. The molecule has 0 aliphatic rings. The fourth-order valence-corrected chi connectivity index (χ4v) is 2.81. The summed E-state index contributed by atoms with van der Waals surface area (Å²) in [7, 11) is 0. The van der Waals surface area contributed by atoms with E-state index in [9.17, 15) is 9.59 Å². The van der Waals surface area contributed by atoms with Gasteiger partial charge in [0.2, 0.25) is 5.91 Å². The SMILES string of the molecule is Cc1ccc(OCC(=O)Nc2cccc(NC(=O)Cc3ccccc3)c2)cc1C. The Morgan fingerprint density at radius 2 is 1.45 bits per heavy atom. The van der Waals surface area contributed by atoms with Crippen LogP contribution in [0.2, 0.25) is 0 Å². The van der Waals surface area contributed by atoms with Gasteiger partial charge in [-0.05, 0) is 60.9 Å². The quantitative estimate of drug-likeness (QED) is 0.626. The summed E-state index contributed by atoms with van der Waals surface area (Å²) < 4.78 is 5.56. The maximum atomic E-state index is 12.2. The van der Waals surface area contributed by atoms with Gasteiger partial charge in [-0.15, -0.1) is 0 Å². The molecule has 29 heavy (non-hydrogen) atoms. The van der Waals surface area contributed by atoms with Gasteiger partial charge in [0.05, 0.1) is 6.42 Å². The molecular formula is C24H24N2O3. The number of benzene rings is 3. The third kappa shape index (κ3) is 6.21. The first kappa shape index (κ1) is 20.1. The Morgan fingerprint density at radius 3 is 2.14 bits per heavy atom. The van der Waals surface area contributed by atoms with Gasteiger partial charge in [-0.1, -0.05) is 42.5 Å². The molecule has 148 valence electrons. The van der Waals surface area contributed by atoms with E-state index < -0.39 is 0 Å². The molecule has 0 spiro atoms. The standard InChI is InChI=1S/C24H24N2O3/c1-17-11-12-22(13-18(17)2)29-16-24(28)26-21-10-6-9-20(15-21)25-23(27)14-19-7-4-3-5-8-19/h3-13,15H,14,16H2,1-2H3,(H,25,27)(H,26,28). The van der Waals surface area contributed by atoms with Gasteiger partial charge < -0.3 is 15.4 Å². The Balaban J connectivity index is 1.52. The van der Waals surface area contributed by atoms with Gasteiger partial charge in [0.25, 0.3) is 5.91 Å². The Labute approximate surface area is 170 Å². The average Bonchev–Trinajstić information content (AvgIpc) is 2.70. The van der Waals surface area contributed by atoms with E-state index in [-0.39, 0.29) is 18.4 Å². The number of hydrogen-bond acceptors (Lipinski definition) is 3. The zero-order chi connectivity index (χ0) is 20.6. The van der Waals surface area contributed by atoms with Crippen LogP contribution in [0.1, 0.15) is 16.7 Å². The second kappa shape index (κ2) is 9.55. The second-order valence-electron chi connectivity index (χ2n) is 6.87. The van der Waals surface area contributed by atoms with Gasteiger partial charge in [0, 0.05) is 11.4 Å². The number of anilines is 2. The molecular weight excluding hydrogens is 364 g/mol. The van der Waals surface area contributed by atoms with E-state index in [1.165, 1.54) is 5.56 Å². The molecule has 0 radical (unpaired) electrons. The highest BCUT2D eigenvalue weighted by atomic mass is 16.5. The molecule has 3 aromatic carbocycles. The lowest BCUT2D eigenvalue weighted by Gasteiger charge is -2.10. The van der Waals surface area contributed by atoms with Gasteiger partial charge >= 0.3 is 0 Å². The van der Waals surface area contributed by atoms with Crippen LogP contribution in [0.5, 0.6) is 5.75 Å². The summed E-state index contributed by atoms with van der Waals surface area (Å²) in [5, 5.41) is 5.64. The van der Waals surface area contributed by atoms with Crippen LogP contribution >= 0.6 is 0 Å². The molecule has 0 bridgehead atoms. The molecule has 3 aromatic rings. The van der Waals surface area contributed by atoms with Crippen molar-refractivity contribution in [3.8, 4) is 5.75 Å². The van der Waals surface area contributed by atoms with Gasteiger partial charge in [-0.3, -0.25) is 9.59 Å². The molecule has 3 rings (SSSR count). The predicted octanol–water partition coefficient (Wildman–Crippen LogP) is 4.50. The van der Waals surface area contributed by atoms with Crippen LogP contribution in [0.4, 0.5) is 11.4 Å². The van der Waals surface area contributed by atoms with Crippen LogP contribution in [0.25, 0.3) is 0 Å². The molecule has 5 heteroatoms. The summed E-state index contributed by atoms with van der Waals surface area (Å²) in [6, 6.07) is 22.3. The predicted molar refractivity (Wildman–Crippen MR) is 115 cm³/mol. The number of rotatable bonds is 7. The molecule has 0 fully saturated rings. The maximum Gasteiger partial charge on any atom is 0.262 e. The van der Waals surface area contributed by atoms with Gasteiger partial charge in [-0.25, -0.2) is 0 Å². The Hall–Kier alpha value is -3.60. The van der Waals surface area contributed by atoms with Gasteiger partial charge in [-0.2, -0.15) is 0 Å². The highest BCUT2D eigenvalue weighted by molar-refractivity contribution is 5.95. The van der Waals surface area contributed by atoms with Crippen molar-refractivity contribution in [2.24, 2.45) is 0 Å². The monoisotopic (exact) mass is 388 g/mol. The first-order valence-corrected chi connectivity index (χ1v) is 9.43. The molecule has 0 atom stereocenters. The van der Waals surface area contributed by atoms with Gasteiger partial charge in [0.1, 0.15) is 5.75 Å². The average molecular weight is 388 g/mol. The second-order valence-corrected chi connectivity index (χ2v) is 6.87. The van der Waals surface area contributed by atoms with Crippen molar-refractivity contribution < 1.29 is 14.3 Å². The van der Waals surface area contributed by atoms with Crippen LogP contribution in [-0.2, 0) is 16.0 Å². The Bertz CT molecular complexity index is 1000. The third-order valence-electron chi connectivity index (χ3n) is 4.49. The molecule has 0 aliphatic carbocycles. The molecule has 0 saturated heterocycles. The summed E-state index contributed by atoms with van der Waals surface area (Å²) in [5.74, 6) is 0.277. The van der Waals surface area contributed by atoms with Crippen molar-refractivity contribution in [1.82, 2.24) is 0 Å². The number of hydrogen-bond donors (Lipinski definition) is 2. The van der Waals surface area contributed by atoms with Crippen LogP contribution in [0.15, 0.2) is 72.8 Å². The molecule has 0 unspecified atom stereocenters. The first-order valence-electron chi connectivity index (χ1n) is 9.43. The zero-order valence-electron chi connectivity index (χ0n) is 16.6. The number of ether oxygens (including phenoxy) is 1. The first-order chi connectivity index (χ1) is 14.0. The minimum atomic E-state index is -0.268. The molecule has 2 amide bonds. The lowest BCUT2D eigenvalue weighted by Crippen LogP contribution is -2.20. The third-order valence-corrected chi connectivity index (χ3v) is 4.49. The highest BCUT2D eigenvalue weighted by Gasteiger charge is 2.07. The molecule has 5 nitrogen and oxygen atoms in total. The molecule has 0 saturated carbocycles. The number of carbonyl (C=O) groups excluding carboxylic acids is 2. The van der Waals surface area contributed by atoms with E-state index in [1.54, 1.807) is 24.3 Å². The van der Waals surface area contributed by atoms with Crippen molar-refractivity contribution in [2.75, 3.05) is 17.2 Å². The number of aryl methyl sites for hydroxylation is 2. The van der Waals surface area contributed by atoms with Crippen LogP contribution in [0, 0.1) is 13.8 Å². The van der Waals surface area contributed by atoms with Crippen molar-refractivity contribution in [2.45, 2.75) is 20.3 Å². The van der Waals surface area contributed by atoms with Crippen LogP contribution < -0.4 is 15.4 Å².